The van der Waals surface area contributed by atoms with E-state index in [4.69, 9.17) is 0 Å². The molecule has 0 amide bonds. The molecule has 3 nitrogen and oxygen atoms in total. The third-order valence-corrected chi connectivity index (χ3v) is 3.40. The lowest BCUT2D eigenvalue weighted by Crippen LogP contribution is -2.07. The van der Waals surface area contributed by atoms with Gasteiger partial charge in [0.05, 0.1) is 5.69 Å². The van der Waals surface area contributed by atoms with Crippen molar-refractivity contribution in [2.45, 2.75) is 12.3 Å². The van der Waals surface area contributed by atoms with Crippen molar-refractivity contribution in [1.29, 1.82) is 0 Å². The Morgan fingerprint density at radius 1 is 1.11 bits per heavy atom. The topological polar surface area (TPSA) is 45.5 Å². The van der Waals surface area contributed by atoms with E-state index < -0.39 is 0 Å². The van der Waals surface area contributed by atoms with Crippen molar-refractivity contribution in [2.24, 2.45) is 11.1 Å². The van der Waals surface area contributed by atoms with Gasteiger partial charge in [0.25, 0.3) is 0 Å². The maximum Gasteiger partial charge on any atom is 0.109 e. The Bertz CT molecular complexity index is 551. The molecule has 3 rings (SSSR count). The number of benzene rings is 1. The number of hydrogen-bond acceptors (Lipinski definition) is 3. The molecule has 18 heavy (non-hydrogen) atoms. The molecule has 1 fully saturated rings. The van der Waals surface area contributed by atoms with Crippen molar-refractivity contribution >= 4 is 5.71 Å². The normalized spacial score (nSPS) is 22.8. The van der Waals surface area contributed by atoms with E-state index in [1.165, 1.54) is 5.56 Å². The van der Waals surface area contributed by atoms with Gasteiger partial charge in [-0.3, -0.25) is 4.98 Å². The zero-order chi connectivity index (χ0) is 12.4. The lowest BCUT2D eigenvalue weighted by atomic mass is 10.1. The first-order valence-corrected chi connectivity index (χ1v) is 6.08. The lowest BCUT2D eigenvalue weighted by Gasteiger charge is -2.03. The van der Waals surface area contributed by atoms with E-state index >= 15 is 0 Å². The van der Waals surface area contributed by atoms with Gasteiger partial charge in [-0.05, 0) is 30.0 Å². The molecule has 1 saturated carbocycles. The highest BCUT2D eigenvalue weighted by Gasteiger charge is 2.43. The van der Waals surface area contributed by atoms with Crippen LogP contribution < -0.4 is 0 Å². The Hall–Kier alpha value is -2.16. The van der Waals surface area contributed by atoms with E-state index in [2.05, 4.69) is 22.3 Å². The number of aromatic nitrogens is 1. The standard InChI is InChI=1S/C15H14N2O/c18-17-15(14-8-4-5-9-16-14)13-10-12(13)11-6-2-1-3-7-11/h1-9,12-13,18H,10H2/b17-15+. The second kappa shape index (κ2) is 4.61. The fourth-order valence-corrected chi connectivity index (χ4v) is 2.40. The van der Waals surface area contributed by atoms with Crippen LogP contribution in [-0.4, -0.2) is 15.9 Å². The van der Waals surface area contributed by atoms with E-state index in [1.807, 2.05) is 36.4 Å². The summed E-state index contributed by atoms with van der Waals surface area (Å²) in [6.07, 6.45) is 2.75. The Morgan fingerprint density at radius 2 is 1.89 bits per heavy atom. The van der Waals surface area contributed by atoms with Gasteiger partial charge in [0.1, 0.15) is 5.71 Å². The Labute approximate surface area is 106 Å². The maximum absolute atomic E-state index is 9.20. The Balaban J connectivity index is 1.82. The van der Waals surface area contributed by atoms with Crippen LogP contribution in [-0.2, 0) is 0 Å². The van der Waals surface area contributed by atoms with Gasteiger partial charge in [-0.15, -0.1) is 0 Å². The molecule has 2 aromatic rings. The van der Waals surface area contributed by atoms with Gasteiger partial charge in [0.2, 0.25) is 0 Å². The highest BCUT2D eigenvalue weighted by molar-refractivity contribution is 6.02. The van der Waals surface area contributed by atoms with Gasteiger partial charge < -0.3 is 5.21 Å². The molecule has 1 N–H and O–H groups in total. The zero-order valence-electron chi connectivity index (χ0n) is 9.90. The summed E-state index contributed by atoms with van der Waals surface area (Å²) >= 11 is 0. The highest BCUT2D eigenvalue weighted by atomic mass is 16.4. The van der Waals surface area contributed by atoms with Crippen LogP contribution in [0.4, 0.5) is 0 Å². The minimum absolute atomic E-state index is 0.285. The molecule has 0 bridgehead atoms. The lowest BCUT2D eigenvalue weighted by molar-refractivity contribution is 0.317. The fraction of sp³-hybridized carbons (Fsp3) is 0.200. The smallest absolute Gasteiger partial charge is 0.109 e. The average molecular weight is 238 g/mol. The first-order chi connectivity index (χ1) is 8.90. The molecule has 0 saturated heterocycles. The fourth-order valence-electron chi connectivity index (χ4n) is 2.40. The van der Waals surface area contributed by atoms with Crippen LogP contribution >= 0.6 is 0 Å². The minimum atomic E-state index is 0.285. The molecule has 1 aliphatic carbocycles. The molecule has 1 aromatic heterocycles. The van der Waals surface area contributed by atoms with Gasteiger partial charge in [0, 0.05) is 12.1 Å². The Kier molecular flexibility index (Phi) is 2.81. The van der Waals surface area contributed by atoms with Crippen LogP contribution in [0.25, 0.3) is 0 Å². The molecular weight excluding hydrogens is 224 g/mol. The van der Waals surface area contributed by atoms with Crippen LogP contribution in [0.5, 0.6) is 0 Å². The molecule has 1 aromatic carbocycles. The van der Waals surface area contributed by atoms with Gasteiger partial charge >= 0.3 is 0 Å². The van der Waals surface area contributed by atoms with Crippen molar-refractivity contribution in [3.8, 4) is 0 Å². The highest BCUT2D eigenvalue weighted by Crippen LogP contribution is 2.49. The van der Waals surface area contributed by atoms with Crippen LogP contribution in [0.15, 0.2) is 59.9 Å². The molecular formula is C15H14N2O. The second-order valence-corrected chi connectivity index (χ2v) is 4.56. The van der Waals surface area contributed by atoms with Gasteiger partial charge in [-0.1, -0.05) is 41.6 Å². The van der Waals surface area contributed by atoms with Crippen LogP contribution in [0.2, 0.25) is 0 Å². The molecule has 0 radical (unpaired) electrons. The summed E-state index contributed by atoms with van der Waals surface area (Å²) < 4.78 is 0. The van der Waals surface area contributed by atoms with Crippen LogP contribution in [0.1, 0.15) is 23.6 Å². The molecule has 0 spiro atoms. The summed E-state index contributed by atoms with van der Waals surface area (Å²) in [7, 11) is 0. The van der Waals surface area contributed by atoms with Crippen molar-refractivity contribution in [2.75, 3.05) is 0 Å². The molecule has 90 valence electrons. The monoisotopic (exact) mass is 238 g/mol. The summed E-state index contributed by atoms with van der Waals surface area (Å²) in [6, 6.07) is 16.0. The molecule has 2 atom stereocenters. The molecule has 2 unspecified atom stereocenters. The number of rotatable bonds is 3. The van der Waals surface area contributed by atoms with E-state index in [-0.39, 0.29) is 5.92 Å². The van der Waals surface area contributed by atoms with Crippen molar-refractivity contribution in [3.63, 3.8) is 0 Å². The second-order valence-electron chi connectivity index (χ2n) is 4.56. The third kappa shape index (κ3) is 1.99. The number of hydrogen-bond donors (Lipinski definition) is 1. The summed E-state index contributed by atoms with van der Waals surface area (Å²) in [5, 5.41) is 12.7. The van der Waals surface area contributed by atoms with Crippen molar-refractivity contribution < 1.29 is 5.21 Å². The average Bonchev–Trinajstić information content (AvgIpc) is 3.22. The van der Waals surface area contributed by atoms with Crippen molar-refractivity contribution in [1.82, 2.24) is 4.98 Å². The molecule has 0 aliphatic heterocycles. The van der Waals surface area contributed by atoms with E-state index in [0.717, 1.165) is 12.1 Å². The summed E-state index contributed by atoms with van der Waals surface area (Å²) in [5.74, 6) is 0.742. The summed E-state index contributed by atoms with van der Waals surface area (Å²) in [5.41, 5.74) is 2.77. The van der Waals surface area contributed by atoms with E-state index in [1.54, 1.807) is 6.20 Å². The number of pyridine rings is 1. The zero-order valence-corrected chi connectivity index (χ0v) is 9.90. The number of oxime groups is 1. The predicted octanol–water partition coefficient (Wildman–Crippen LogP) is 3.06. The third-order valence-electron chi connectivity index (χ3n) is 3.40. The van der Waals surface area contributed by atoms with Gasteiger partial charge in [-0.2, -0.15) is 0 Å². The van der Waals surface area contributed by atoms with Gasteiger partial charge in [-0.25, -0.2) is 0 Å². The van der Waals surface area contributed by atoms with Gasteiger partial charge in [0.15, 0.2) is 0 Å². The molecule has 1 heterocycles. The first-order valence-electron chi connectivity index (χ1n) is 6.08. The summed E-state index contributed by atoms with van der Waals surface area (Å²) in [4.78, 5) is 4.25. The first kappa shape index (κ1) is 11.0. The molecule has 3 heteroatoms. The largest absolute Gasteiger partial charge is 0.411 e. The number of nitrogens with zero attached hydrogens (tertiary/aromatic N) is 2. The summed E-state index contributed by atoms with van der Waals surface area (Å²) in [6.45, 7) is 0. The van der Waals surface area contributed by atoms with E-state index in [0.29, 0.717) is 11.6 Å². The van der Waals surface area contributed by atoms with Crippen LogP contribution in [0.3, 0.4) is 0 Å². The minimum Gasteiger partial charge on any atom is -0.411 e. The quantitative estimate of drug-likeness (QED) is 0.507. The van der Waals surface area contributed by atoms with E-state index in [9.17, 15) is 5.21 Å². The molecule has 1 aliphatic rings. The predicted molar refractivity (Wildman–Crippen MR) is 69.9 cm³/mol. The maximum atomic E-state index is 9.20. The SMILES string of the molecule is O/N=C(/c1ccccn1)C1CC1c1ccccc1. The Morgan fingerprint density at radius 3 is 2.56 bits per heavy atom. The van der Waals surface area contributed by atoms with Crippen LogP contribution in [0, 0.1) is 5.92 Å². The van der Waals surface area contributed by atoms with Crippen molar-refractivity contribution in [3.05, 3.63) is 66.0 Å².